The lowest BCUT2D eigenvalue weighted by Crippen LogP contribution is -2.09. The molecule has 0 aliphatic carbocycles. The van der Waals surface area contributed by atoms with Crippen LogP contribution in [0, 0.1) is 11.3 Å². The molecule has 1 atom stereocenters. The first-order chi connectivity index (χ1) is 5.25. The quantitative estimate of drug-likeness (QED) is 0.784. The molecule has 0 amide bonds. The zero-order valence-electron chi connectivity index (χ0n) is 7.10. The minimum Gasteiger partial charge on any atom is -0.323 e. The van der Waals surface area contributed by atoms with Crippen molar-refractivity contribution in [1.82, 2.24) is 4.98 Å². The van der Waals surface area contributed by atoms with E-state index in [1.54, 1.807) is 18.3 Å². The highest BCUT2D eigenvalue weighted by atomic mass is 35.5. The van der Waals surface area contributed by atoms with Gasteiger partial charge < -0.3 is 5.73 Å². The summed E-state index contributed by atoms with van der Waals surface area (Å²) < 4.78 is 0. The molecule has 0 aliphatic rings. The highest BCUT2D eigenvalue weighted by Crippen LogP contribution is 2.10. The van der Waals surface area contributed by atoms with Crippen molar-refractivity contribution in [2.24, 2.45) is 5.73 Å². The van der Waals surface area contributed by atoms with E-state index in [4.69, 9.17) is 11.0 Å². The van der Waals surface area contributed by atoms with Crippen molar-refractivity contribution in [3.63, 3.8) is 0 Å². The summed E-state index contributed by atoms with van der Waals surface area (Å²) in [6.07, 6.45) is 1.64. The van der Waals surface area contributed by atoms with Crippen LogP contribution in [-0.4, -0.2) is 4.98 Å². The zero-order chi connectivity index (χ0) is 8.27. The summed E-state index contributed by atoms with van der Waals surface area (Å²) in [5.74, 6) is 0. The summed E-state index contributed by atoms with van der Waals surface area (Å²) in [6.45, 7) is 1.81. The molecule has 0 fully saturated rings. The fraction of sp³-hybridized carbons (Fsp3) is 0.250. The molecule has 0 saturated heterocycles. The highest BCUT2D eigenvalue weighted by molar-refractivity contribution is 5.85. The van der Waals surface area contributed by atoms with Crippen LogP contribution in [0.15, 0.2) is 18.3 Å². The van der Waals surface area contributed by atoms with E-state index in [2.05, 4.69) is 4.98 Å². The second kappa shape index (κ2) is 6.67. The van der Waals surface area contributed by atoms with Gasteiger partial charge >= 0.3 is 0 Å². The van der Waals surface area contributed by atoms with Crippen LogP contribution in [0.25, 0.3) is 0 Å². The minimum absolute atomic E-state index is 0. The van der Waals surface area contributed by atoms with Crippen LogP contribution in [-0.2, 0) is 0 Å². The van der Waals surface area contributed by atoms with Crippen molar-refractivity contribution in [2.75, 3.05) is 0 Å². The maximum Gasteiger partial charge on any atom is 0.101 e. The highest BCUT2D eigenvalue weighted by Gasteiger charge is 2.05. The van der Waals surface area contributed by atoms with Gasteiger partial charge in [0.25, 0.3) is 0 Å². The molecular formula is C8H11Cl2N3. The Kier molecular flexibility index (Phi) is 7.54. The first-order valence-electron chi connectivity index (χ1n) is 3.36. The average Bonchev–Trinajstić information content (AvgIpc) is 2.04. The topological polar surface area (TPSA) is 62.7 Å². The molecule has 1 aromatic heterocycles. The van der Waals surface area contributed by atoms with Gasteiger partial charge in [0.1, 0.15) is 6.07 Å². The van der Waals surface area contributed by atoms with Crippen molar-refractivity contribution in [3.8, 4) is 6.07 Å². The van der Waals surface area contributed by atoms with E-state index in [0.29, 0.717) is 11.3 Å². The normalized spacial score (nSPS) is 10.2. The number of nitrogens with two attached hydrogens (primary N) is 1. The molecule has 0 aliphatic heterocycles. The number of halogens is 2. The molecule has 13 heavy (non-hydrogen) atoms. The molecule has 0 saturated carbocycles. The van der Waals surface area contributed by atoms with E-state index in [9.17, 15) is 0 Å². The van der Waals surface area contributed by atoms with Crippen LogP contribution in [0.2, 0.25) is 0 Å². The molecule has 0 bridgehead atoms. The van der Waals surface area contributed by atoms with Crippen LogP contribution in [0.4, 0.5) is 0 Å². The first-order valence-corrected chi connectivity index (χ1v) is 3.36. The molecule has 2 N–H and O–H groups in total. The Morgan fingerprint density at radius 3 is 2.54 bits per heavy atom. The Hall–Kier alpha value is -0.820. The lowest BCUT2D eigenvalue weighted by molar-refractivity contribution is 0.777. The number of rotatable bonds is 1. The number of pyridine rings is 1. The van der Waals surface area contributed by atoms with Crippen LogP contribution in [0.3, 0.4) is 0 Å². The van der Waals surface area contributed by atoms with Gasteiger partial charge in [0.15, 0.2) is 0 Å². The smallest absolute Gasteiger partial charge is 0.101 e. The maximum atomic E-state index is 8.62. The Balaban J connectivity index is 0. The van der Waals surface area contributed by atoms with Crippen LogP contribution in [0.1, 0.15) is 24.2 Å². The Morgan fingerprint density at radius 2 is 2.15 bits per heavy atom. The minimum atomic E-state index is -0.175. The van der Waals surface area contributed by atoms with Crippen LogP contribution < -0.4 is 5.73 Å². The van der Waals surface area contributed by atoms with Crippen molar-refractivity contribution in [3.05, 3.63) is 29.6 Å². The van der Waals surface area contributed by atoms with Crippen molar-refractivity contribution in [2.45, 2.75) is 13.0 Å². The lowest BCUT2D eigenvalue weighted by atomic mass is 10.1. The van der Waals surface area contributed by atoms with Gasteiger partial charge in [0.05, 0.1) is 11.3 Å². The van der Waals surface area contributed by atoms with Crippen LogP contribution in [0.5, 0.6) is 0 Å². The summed E-state index contributed by atoms with van der Waals surface area (Å²) >= 11 is 0. The van der Waals surface area contributed by atoms with E-state index < -0.39 is 0 Å². The first kappa shape index (κ1) is 14.7. The fourth-order valence-corrected chi connectivity index (χ4v) is 0.875. The number of hydrogen-bond acceptors (Lipinski definition) is 3. The summed E-state index contributed by atoms with van der Waals surface area (Å²) in [4.78, 5) is 4.00. The van der Waals surface area contributed by atoms with Gasteiger partial charge in [-0.2, -0.15) is 5.26 Å². The summed E-state index contributed by atoms with van der Waals surface area (Å²) in [5, 5.41) is 8.62. The summed E-state index contributed by atoms with van der Waals surface area (Å²) in [7, 11) is 0. The Morgan fingerprint density at radius 1 is 1.54 bits per heavy atom. The van der Waals surface area contributed by atoms with Gasteiger partial charge in [-0.15, -0.1) is 24.8 Å². The number of aromatic nitrogens is 1. The van der Waals surface area contributed by atoms with Gasteiger partial charge in [0, 0.05) is 12.2 Å². The molecule has 72 valence electrons. The van der Waals surface area contributed by atoms with E-state index >= 15 is 0 Å². The Bertz CT molecular complexity index is 294. The molecular weight excluding hydrogens is 209 g/mol. The summed E-state index contributed by atoms with van der Waals surface area (Å²) in [6, 6.07) is 5.30. The molecule has 3 nitrogen and oxygen atoms in total. The summed E-state index contributed by atoms with van der Waals surface area (Å²) in [5.41, 5.74) is 6.80. The zero-order valence-corrected chi connectivity index (χ0v) is 8.73. The van der Waals surface area contributed by atoms with Gasteiger partial charge in [-0.05, 0) is 19.1 Å². The third-order valence-electron chi connectivity index (χ3n) is 1.39. The lowest BCUT2D eigenvalue weighted by Gasteiger charge is -2.04. The van der Waals surface area contributed by atoms with E-state index in [0.717, 1.165) is 0 Å². The standard InChI is InChI=1S/C8H9N3.2ClH/c1-6(10)8-7(5-9)3-2-4-11-8;;/h2-4,6H,10H2,1H3;2*1H. The largest absolute Gasteiger partial charge is 0.323 e. The number of nitrogens with zero attached hydrogens (tertiary/aromatic N) is 2. The van der Waals surface area contributed by atoms with Gasteiger partial charge in [0.2, 0.25) is 0 Å². The van der Waals surface area contributed by atoms with E-state index in [1.165, 1.54) is 0 Å². The molecule has 0 spiro atoms. The predicted octanol–water partition coefficient (Wildman–Crippen LogP) is 1.82. The molecule has 1 heterocycles. The van der Waals surface area contributed by atoms with E-state index in [1.807, 2.05) is 13.0 Å². The SMILES string of the molecule is CC(N)c1ncccc1C#N.Cl.Cl. The van der Waals surface area contributed by atoms with Crippen molar-refractivity contribution < 1.29 is 0 Å². The van der Waals surface area contributed by atoms with Gasteiger partial charge in [-0.25, -0.2) is 0 Å². The number of nitriles is 1. The maximum absolute atomic E-state index is 8.62. The molecule has 1 aromatic rings. The predicted molar refractivity (Wildman–Crippen MR) is 56.1 cm³/mol. The number of hydrogen-bond donors (Lipinski definition) is 1. The third kappa shape index (κ3) is 3.60. The monoisotopic (exact) mass is 219 g/mol. The second-order valence-electron chi connectivity index (χ2n) is 2.34. The molecule has 0 radical (unpaired) electrons. The van der Waals surface area contributed by atoms with Crippen molar-refractivity contribution >= 4 is 24.8 Å². The molecule has 1 unspecified atom stereocenters. The third-order valence-corrected chi connectivity index (χ3v) is 1.39. The Labute approximate surface area is 89.8 Å². The van der Waals surface area contributed by atoms with Crippen molar-refractivity contribution in [1.29, 1.82) is 5.26 Å². The van der Waals surface area contributed by atoms with Gasteiger partial charge in [-0.3, -0.25) is 4.98 Å². The molecule has 0 aromatic carbocycles. The van der Waals surface area contributed by atoms with E-state index in [-0.39, 0.29) is 30.9 Å². The van der Waals surface area contributed by atoms with Crippen LogP contribution >= 0.6 is 24.8 Å². The molecule has 5 heteroatoms. The van der Waals surface area contributed by atoms with Gasteiger partial charge in [-0.1, -0.05) is 0 Å². The molecule has 1 rings (SSSR count). The average molecular weight is 220 g/mol. The second-order valence-corrected chi connectivity index (χ2v) is 2.34. The fourth-order valence-electron chi connectivity index (χ4n) is 0.875.